The number of morpholine rings is 1. The van der Waals surface area contributed by atoms with E-state index in [-0.39, 0.29) is 0 Å². The summed E-state index contributed by atoms with van der Waals surface area (Å²) in [6, 6.07) is 2.33. The number of hydrogen-bond acceptors (Lipinski definition) is 4. The van der Waals surface area contributed by atoms with Crippen molar-refractivity contribution >= 4 is 0 Å². The topological polar surface area (TPSA) is 62.3 Å². The first-order chi connectivity index (χ1) is 8.53. The van der Waals surface area contributed by atoms with Crippen molar-refractivity contribution in [3.8, 4) is 6.07 Å². The normalized spacial score (nSPS) is 41.8. The lowest BCUT2D eigenvalue weighted by molar-refractivity contribution is -0.0691. The van der Waals surface area contributed by atoms with Gasteiger partial charge in [-0.1, -0.05) is 6.42 Å². The molecular formula is C14H25N3O. The minimum atomic E-state index is -0.566. The highest BCUT2D eigenvalue weighted by Gasteiger charge is 2.39. The average molecular weight is 251 g/mol. The smallest absolute Gasteiger partial charge is 0.107 e. The molecular weight excluding hydrogens is 226 g/mol. The summed E-state index contributed by atoms with van der Waals surface area (Å²) in [6.45, 7) is 7.30. The first-order valence-corrected chi connectivity index (χ1v) is 7.11. The second-order valence-electron chi connectivity index (χ2n) is 6.05. The summed E-state index contributed by atoms with van der Waals surface area (Å²) < 4.78 is 5.73. The predicted octanol–water partition coefficient (Wildman–Crippen LogP) is 1.51. The second kappa shape index (κ2) is 5.56. The largest absolute Gasteiger partial charge is 0.373 e. The maximum Gasteiger partial charge on any atom is 0.107 e. The van der Waals surface area contributed by atoms with E-state index in [0.717, 1.165) is 45.3 Å². The van der Waals surface area contributed by atoms with Crippen LogP contribution in [-0.4, -0.2) is 42.3 Å². The van der Waals surface area contributed by atoms with Gasteiger partial charge in [-0.2, -0.15) is 5.26 Å². The lowest BCUT2D eigenvalue weighted by Gasteiger charge is -2.36. The summed E-state index contributed by atoms with van der Waals surface area (Å²) in [7, 11) is 0. The Morgan fingerprint density at radius 1 is 1.39 bits per heavy atom. The van der Waals surface area contributed by atoms with Crippen molar-refractivity contribution in [1.82, 2.24) is 4.90 Å². The molecule has 2 N–H and O–H groups in total. The minimum absolute atomic E-state index is 0.316. The van der Waals surface area contributed by atoms with E-state index in [1.54, 1.807) is 0 Å². The molecule has 2 fully saturated rings. The van der Waals surface area contributed by atoms with Crippen molar-refractivity contribution < 1.29 is 4.74 Å². The summed E-state index contributed by atoms with van der Waals surface area (Å²) in [5.41, 5.74) is 5.60. The van der Waals surface area contributed by atoms with E-state index in [1.165, 1.54) is 0 Å². The summed E-state index contributed by atoms with van der Waals surface area (Å²) >= 11 is 0. The SMILES string of the molecule is CC1CN(CCC2CCCC2(N)C#N)CC(C)O1. The number of rotatable bonds is 3. The van der Waals surface area contributed by atoms with Gasteiger partial charge in [0.15, 0.2) is 0 Å². The van der Waals surface area contributed by atoms with Crippen LogP contribution in [0.15, 0.2) is 0 Å². The van der Waals surface area contributed by atoms with Gasteiger partial charge in [-0.25, -0.2) is 0 Å². The van der Waals surface area contributed by atoms with Crippen LogP contribution in [0.25, 0.3) is 0 Å². The third-order valence-electron chi connectivity index (χ3n) is 4.37. The van der Waals surface area contributed by atoms with E-state index < -0.39 is 5.54 Å². The molecule has 4 nitrogen and oxygen atoms in total. The molecule has 1 heterocycles. The van der Waals surface area contributed by atoms with Crippen LogP contribution in [0, 0.1) is 17.2 Å². The zero-order valence-electron chi connectivity index (χ0n) is 11.6. The summed E-state index contributed by atoms with van der Waals surface area (Å²) in [6.07, 6.45) is 4.75. The van der Waals surface area contributed by atoms with E-state index in [2.05, 4.69) is 24.8 Å². The molecule has 0 radical (unpaired) electrons. The first-order valence-electron chi connectivity index (χ1n) is 7.11. The van der Waals surface area contributed by atoms with Crippen molar-refractivity contribution in [2.45, 2.75) is 57.3 Å². The molecule has 1 saturated carbocycles. The molecule has 2 rings (SSSR count). The van der Waals surface area contributed by atoms with Gasteiger partial charge in [0.25, 0.3) is 0 Å². The molecule has 4 heteroatoms. The number of hydrogen-bond donors (Lipinski definition) is 1. The molecule has 0 spiro atoms. The van der Waals surface area contributed by atoms with Gasteiger partial charge in [0.2, 0.25) is 0 Å². The predicted molar refractivity (Wildman–Crippen MR) is 70.9 cm³/mol. The van der Waals surface area contributed by atoms with Gasteiger partial charge in [-0.15, -0.1) is 0 Å². The quantitative estimate of drug-likeness (QED) is 0.826. The molecule has 18 heavy (non-hydrogen) atoms. The molecule has 0 aromatic rings. The van der Waals surface area contributed by atoms with Crippen LogP contribution in [0.3, 0.4) is 0 Å². The molecule has 1 aliphatic heterocycles. The van der Waals surface area contributed by atoms with Crippen LogP contribution in [0.4, 0.5) is 0 Å². The zero-order chi connectivity index (χ0) is 13.2. The van der Waals surface area contributed by atoms with Gasteiger partial charge in [-0.3, -0.25) is 4.90 Å². The summed E-state index contributed by atoms with van der Waals surface area (Å²) in [5, 5.41) is 9.21. The van der Waals surface area contributed by atoms with E-state index in [1.807, 2.05) is 0 Å². The molecule has 0 aromatic heterocycles. The number of nitriles is 1. The monoisotopic (exact) mass is 251 g/mol. The third-order valence-corrected chi connectivity index (χ3v) is 4.37. The Hall–Kier alpha value is -0.630. The lowest BCUT2D eigenvalue weighted by Crippen LogP contribution is -2.47. The maximum absolute atomic E-state index is 9.21. The van der Waals surface area contributed by atoms with Crippen LogP contribution in [0.1, 0.15) is 39.5 Å². The number of ether oxygens (including phenoxy) is 1. The van der Waals surface area contributed by atoms with Gasteiger partial charge in [0.1, 0.15) is 5.54 Å². The number of nitrogens with two attached hydrogens (primary N) is 1. The van der Waals surface area contributed by atoms with Gasteiger partial charge in [0.05, 0.1) is 18.3 Å². The van der Waals surface area contributed by atoms with Crippen LogP contribution < -0.4 is 5.73 Å². The second-order valence-corrected chi connectivity index (χ2v) is 6.05. The molecule has 102 valence electrons. The van der Waals surface area contributed by atoms with Crippen molar-refractivity contribution in [2.75, 3.05) is 19.6 Å². The molecule has 0 bridgehead atoms. The standard InChI is InChI=1S/C14H25N3O/c1-11-8-17(9-12(2)18-11)7-5-13-4-3-6-14(13,16)10-15/h11-13H,3-9,16H2,1-2H3. The van der Waals surface area contributed by atoms with E-state index >= 15 is 0 Å². The van der Waals surface area contributed by atoms with Crippen LogP contribution in [0.5, 0.6) is 0 Å². The Morgan fingerprint density at radius 2 is 2.06 bits per heavy atom. The van der Waals surface area contributed by atoms with E-state index in [9.17, 15) is 5.26 Å². The Balaban J connectivity index is 1.83. The molecule has 1 aliphatic carbocycles. The summed E-state index contributed by atoms with van der Waals surface area (Å²) in [4.78, 5) is 2.45. The Bertz CT molecular complexity index is 317. The highest BCUT2D eigenvalue weighted by molar-refractivity contribution is 5.12. The molecule has 0 amide bonds. The fraction of sp³-hybridized carbons (Fsp3) is 0.929. The average Bonchev–Trinajstić information content (AvgIpc) is 2.68. The van der Waals surface area contributed by atoms with Crippen LogP contribution in [-0.2, 0) is 4.74 Å². The van der Waals surface area contributed by atoms with Crippen molar-refractivity contribution in [3.63, 3.8) is 0 Å². The molecule has 0 aromatic carbocycles. The minimum Gasteiger partial charge on any atom is -0.373 e. The molecule has 4 unspecified atom stereocenters. The van der Waals surface area contributed by atoms with Gasteiger partial charge in [-0.05, 0) is 45.6 Å². The Labute approximate surface area is 110 Å². The molecule has 4 atom stereocenters. The van der Waals surface area contributed by atoms with Crippen molar-refractivity contribution in [3.05, 3.63) is 0 Å². The Morgan fingerprint density at radius 3 is 2.67 bits per heavy atom. The van der Waals surface area contributed by atoms with Gasteiger partial charge in [0, 0.05) is 13.1 Å². The highest BCUT2D eigenvalue weighted by Crippen LogP contribution is 2.35. The summed E-state index contributed by atoms with van der Waals surface area (Å²) in [5.74, 6) is 0.371. The van der Waals surface area contributed by atoms with Gasteiger partial charge < -0.3 is 10.5 Å². The highest BCUT2D eigenvalue weighted by atomic mass is 16.5. The van der Waals surface area contributed by atoms with Crippen molar-refractivity contribution in [1.29, 1.82) is 5.26 Å². The van der Waals surface area contributed by atoms with Gasteiger partial charge >= 0.3 is 0 Å². The lowest BCUT2D eigenvalue weighted by atomic mass is 9.87. The van der Waals surface area contributed by atoms with E-state index in [4.69, 9.17) is 10.5 Å². The van der Waals surface area contributed by atoms with Crippen LogP contribution >= 0.6 is 0 Å². The van der Waals surface area contributed by atoms with Crippen LogP contribution in [0.2, 0.25) is 0 Å². The van der Waals surface area contributed by atoms with Crippen molar-refractivity contribution in [2.24, 2.45) is 11.7 Å². The number of nitrogens with zero attached hydrogens (tertiary/aromatic N) is 2. The third kappa shape index (κ3) is 3.03. The fourth-order valence-corrected chi connectivity index (χ4v) is 3.46. The first kappa shape index (κ1) is 13.8. The molecule has 1 saturated heterocycles. The van der Waals surface area contributed by atoms with E-state index in [0.29, 0.717) is 18.1 Å². The molecule has 2 aliphatic rings. The zero-order valence-corrected chi connectivity index (χ0v) is 11.6. The Kier molecular flexibility index (Phi) is 4.26. The fourth-order valence-electron chi connectivity index (χ4n) is 3.46. The maximum atomic E-state index is 9.21.